The van der Waals surface area contributed by atoms with E-state index in [1.807, 2.05) is 0 Å². The van der Waals surface area contributed by atoms with Gasteiger partial charge in [-0.1, -0.05) is 19.8 Å². The monoisotopic (exact) mass is 265 g/mol. The highest BCUT2D eigenvalue weighted by Gasteiger charge is 2.09. The van der Waals surface area contributed by atoms with Crippen LogP contribution in [0.1, 0.15) is 31.1 Å². The van der Waals surface area contributed by atoms with Gasteiger partial charge in [-0.3, -0.25) is 5.43 Å². The van der Waals surface area contributed by atoms with Crippen LogP contribution in [-0.2, 0) is 0 Å². The van der Waals surface area contributed by atoms with Gasteiger partial charge >= 0.3 is 0 Å². The average Bonchev–Trinajstić information content (AvgIpc) is 2.74. The summed E-state index contributed by atoms with van der Waals surface area (Å²) in [5.41, 5.74) is 2.51. The lowest BCUT2D eigenvalue weighted by atomic mass is 10.2. The van der Waals surface area contributed by atoms with Gasteiger partial charge in [-0.05, 0) is 19.4 Å². The molecular weight excluding hydrogens is 246 g/mol. The molecule has 5 nitrogen and oxygen atoms in total. The molecule has 0 aliphatic carbocycles. The molecule has 0 spiro atoms. The molecular formula is C12H19N5S. The average molecular weight is 265 g/mol. The van der Waals surface area contributed by atoms with Crippen molar-refractivity contribution in [3.8, 4) is 0 Å². The number of nitrogens with two attached hydrogens (primary N) is 1. The largest absolute Gasteiger partial charge is 0.369 e. The number of unbranched alkanes of at least 4 members (excludes halogenated alkanes) is 2. The quantitative estimate of drug-likeness (QED) is 0.425. The summed E-state index contributed by atoms with van der Waals surface area (Å²) in [6.45, 7) is 5.20. The van der Waals surface area contributed by atoms with E-state index < -0.39 is 0 Å². The zero-order valence-corrected chi connectivity index (χ0v) is 11.6. The highest BCUT2D eigenvalue weighted by atomic mass is 32.1. The molecule has 98 valence electrons. The van der Waals surface area contributed by atoms with Crippen molar-refractivity contribution in [3.05, 3.63) is 10.9 Å². The first-order valence-corrected chi connectivity index (χ1v) is 7.05. The number of hydrazine groups is 1. The molecule has 0 unspecified atom stereocenters. The number of rotatable bonds is 6. The molecule has 2 heterocycles. The van der Waals surface area contributed by atoms with Gasteiger partial charge in [0.15, 0.2) is 0 Å². The van der Waals surface area contributed by atoms with Gasteiger partial charge in [-0.25, -0.2) is 10.8 Å². The molecule has 0 aromatic carbocycles. The maximum absolute atomic E-state index is 5.39. The van der Waals surface area contributed by atoms with Gasteiger partial charge in [0.05, 0.1) is 5.39 Å². The molecule has 0 aliphatic rings. The van der Waals surface area contributed by atoms with E-state index in [1.165, 1.54) is 17.7 Å². The minimum Gasteiger partial charge on any atom is -0.369 e. The van der Waals surface area contributed by atoms with Crippen molar-refractivity contribution in [2.45, 2.75) is 33.1 Å². The number of nitrogen functional groups attached to an aromatic ring is 1. The molecule has 0 aliphatic heterocycles. The number of aryl methyl sites for hydroxylation is 1. The summed E-state index contributed by atoms with van der Waals surface area (Å²) in [6.07, 6.45) is 3.59. The van der Waals surface area contributed by atoms with Crippen LogP contribution in [0, 0.1) is 6.92 Å². The summed E-state index contributed by atoms with van der Waals surface area (Å²) in [6, 6.07) is 2.11. The molecule has 0 saturated carbocycles. The van der Waals surface area contributed by atoms with Crippen LogP contribution in [0.2, 0.25) is 0 Å². The highest BCUT2D eigenvalue weighted by Crippen LogP contribution is 2.29. The number of hydrogen-bond donors (Lipinski definition) is 3. The normalized spacial score (nSPS) is 10.8. The van der Waals surface area contributed by atoms with Crippen molar-refractivity contribution in [1.29, 1.82) is 0 Å². The van der Waals surface area contributed by atoms with Crippen molar-refractivity contribution < 1.29 is 0 Å². The number of nitrogens with one attached hydrogen (secondary N) is 2. The van der Waals surface area contributed by atoms with Crippen molar-refractivity contribution in [2.24, 2.45) is 5.84 Å². The Balaban J connectivity index is 2.23. The lowest BCUT2D eigenvalue weighted by molar-refractivity contribution is 0.742. The molecule has 0 radical (unpaired) electrons. The van der Waals surface area contributed by atoms with Crippen LogP contribution < -0.4 is 16.6 Å². The zero-order valence-electron chi connectivity index (χ0n) is 10.8. The first-order valence-electron chi connectivity index (χ1n) is 6.23. The summed E-state index contributed by atoms with van der Waals surface area (Å²) in [4.78, 5) is 10.9. The minimum absolute atomic E-state index is 0.461. The van der Waals surface area contributed by atoms with E-state index in [9.17, 15) is 0 Å². The highest BCUT2D eigenvalue weighted by molar-refractivity contribution is 7.18. The van der Waals surface area contributed by atoms with Crippen LogP contribution in [0.3, 0.4) is 0 Å². The zero-order chi connectivity index (χ0) is 13.0. The second-order valence-electron chi connectivity index (χ2n) is 4.25. The van der Waals surface area contributed by atoms with Crippen LogP contribution in [-0.4, -0.2) is 16.5 Å². The topological polar surface area (TPSA) is 75.9 Å². The predicted molar refractivity (Wildman–Crippen MR) is 78.0 cm³/mol. The van der Waals surface area contributed by atoms with E-state index in [-0.39, 0.29) is 0 Å². The van der Waals surface area contributed by atoms with Crippen LogP contribution >= 0.6 is 11.3 Å². The summed E-state index contributed by atoms with van der Waals surface area (Å²) in [7, 11) is 0. The van der Waals surface area contributed by atoms with Gasteiger partial charge in [0, 0.05) is 11.4 Å². The third-order valence-corrected chi connectivity index (χ3v) is 3.66. The van der Waals surface area contributed by atoms with E-state index in [0.717, 1.165) is 29.0 Å². The number of thiophene rings is 1. The molecule has 4 N–H and O–H groups in total. The Bertz CT molecular complexity index is 522. The van der Waals surface area contributed by atoms with E-state index in [2.05, 4.69) is 40.6 Å². The lowest BCUT2D eigenvalue weighted by Gasteiger charge is -2.07. The van der Waals surface area contributed by atoms with E-state index in [0.29, 0.717) is 5.95 Å². The van der Waals surface area contributed by atoms with Crippen molar-refractivity contribution >= 4 is 33.3 Å². The number of hydrogen-bond acceptors (Lipinski definition) is 6. The van der Waals surface area contributed by atoms with Crippen molar-refractivity contribution in [2.75, 3.05) is 17.3 Å². The number of nitrogens with zero attached hydrogens (tertiary/aromatic N) is 2. The van der Waals surface area contributed by atoms with Crippen LogP contribution in [0.5, 0.6) is 0 Å². The molecule has 2 rings (SSSR count). The Morgan fingerprint density at radius 2 is 2.17 bits per heavy atom. The van der Waals surface area contributed by atoms with Crippen molar-refractivity contribution in [1.82, 2.24) is 9.97 Å². The summed E-state index contributed by atoms with van der Waals surface area (Å²) >= 11 is 1.65. The molecule has 0 saturated heterocycles. The summed E-state index contributed by atoms with van der Waals surface area (Å²) < 4.78 is 0. The molecule has 0 atom stereocenters. The minimum atomic E-state index is 0.461. The molecule has 18 heavy (non-hydrogen) atoms. The Kier molecular flexibility index (Phi) is 4.33. The Labute approximate surface area is 111 Å². The van der Waals surface area contributed by atoms with Crippen LogP contribution in [0.15, 0.2) is 6.07 Å². The predicted octanol–water partition coefficient (Wildman–Crippen LogP) is 2.89. The maximum atomic E-state index is 5.39. The third kappa shape index (κ3) is 2.88. The lowest BCUT2D eigenvalue weighted by Crippen LogP contribution is -2.12. The van der Waals surface area contributed by atoms with Gasteiger partial charge in [-0.2, -0.15) is 4.98 Å². The van der Waals surface area contributed by atoms with E-state index >= 15 is 0 Å². The van der Waals surface area contributed by atoms with Gasteiger partial charge < -0.3 is 5.32 Å². The fourth-order valence-corrected chi connectivity index (χ4v) is 2.70. The standard InChI is InChI=1S/C12H19N5S/c1-3-4-5-6-14-10-9-7-8(2)18-11(9)16-12(15-10)17-13/h7H,3-6,13H2,1-2H3,(H2,14,15,16,17). The molecule has 2 aromatic heterocycles. The van der Waals surface area contributed by atoms with Crippen LogP contribution in [0.4, 0.5) is 11.8 Å². The van der Waals surface area contributed by atoms with Gasteiger partial charge in [0.2, 0.25) is 5.95 Å². The molecule has 0 fully saturated rings. The summed E-state index contributed by atoms with van der Waals surface area (Å²) in [5.74, 6) is 6.72. The fourth-order valence-electron chi connectivity index (χ4n) is 1.82. The number of fused-ring (bicyclic) bond motifs is 1. The number of aromatic nitrogens is 2. The van der Waals surface area contributed by atoms with E-state index in [1.54, 1.807) is 11.3 Å². The Morgan fingerprint density at radius 3 is 2.89 bits per heavy atom. The van der Waals surface area contributed by atoms with E-state index in [4.69, 9.17) is 5.84 Å². The second-order valence-corrected chi connectivity index (χ2v) is 5.48. The molecule has 0 amide bonds. The van der Waals surface area contributed by atoms with Crippen molar-refractivity contribution in [3.63, 3.8) is 0 Å². The Morgan fingerprint density at radius 1 is 1.33 bits per heavy atom. The van der Waals surface area contributed by atoms with Crippen LogP contribution in [0.25, 0.3) is 10.2 Å². The summed E-state index contributed by atoms with van der Waals surface area (Å²) in [5, 5.41) is 4.45. The molecule has 0 bridgehead atoms. The molecule has 6 heteroatoms. The SMILES string of the molecule is CCCCCNc1nc(NN)nc2sc(C)cc12. The smallest absolute Gasteiger partial charge is 0.240 e. The third-order valence-electron chi connectivity index (χ3n) is 2.72. The first-order chi connectivity index (χ1) is 8.74. The van der Waals surface area contributed by atoms with Gasteiger partial charge in [0.1, 0.15) is 10.6 Å². The van der Waals surface area contributed by atoms with Gasteiger partial charge in [-0.15, -0.1) is 11.3 Å². The fraction of sp³-hybridized carbons (Fsp3) is 0.500. The number of anilines is 2. The maximum Gasteiger partial charge on any atom is 0.240 e. The Hall–Kier alpha value is -1.40. The molecule has 2 aromatic rings. The first kappa shape index (κ1) is 13.0. The second kappa shape index (κ2) is 5.97. The van der Waals surface area contributed by atoms with Gasteiger partial charge in [0.25, 0.3) is 0 Å².